The minimum absolute atomic E-state index is 0.0864. The molecular formula is C15H15NO3. The Morgan fingerprint density at radius 1 is 1.37 bits per heavy atom. The first-order chi connectivity index (χ1) is 9.18. The molecule has 2 saturated carbocycles. The maximum Gasteiger partial charge on any atom is 0.314 e. The molecule has 1 N–H and O–H groups in total. The Balaban J connectivity index is 1.50. The number of benzene rings is 1. The highest BCUT2D eigenvalue weighted by Gasteiger charge is 2.61. The van der Waals surface area contributed by atoms with Crippen LogP contribution in [0, 0.1) is 11.3 Å². The van der Waals surface area contributed by atoms with Crippen LogP contribution >= 0.6 is 0 Å². The molecule has 0 bridgehead atoms. The number of amides is 1. The van der Waals surface area contributed by atoms with Gasteiger partial charge in [0.2, 0.25) is 0 Å². The fourth-order valence-corrected chi connectivity index (χ4v) is 3.31. The van der Waals surface area contributed by atoms with Gasteiger partial charge in [0.25, 0.3) is 5.91 Å². The van der Waals surface area contributed by atoms with Gasteiger partial charge < -0.3 is 10.1 Å². The minimum atomic E-state index is -0.127. The Kier molecular flexibility index (Phi) is 2.08. The Labute approximate surface area is 111 Å². The van der Waals surface area contributed by atoms with Crippen LogP contribution in [0.15, 0.2) is 18.2 Å². The lowest BCUT2D eigenvalue weighted by molar-refractivity contribution is -0.137. The quantitative estimate of drug-likeness (QED) is 0.651. The molecule has 1 unspecified atom stereocenters. The standard InChI is InChI=1S/C15H15NO3/c17-13-11-6-10(3-2-9(11)8-16-13)19-14(18)12-7-15(12)4-1-5-15/h2-3,6,12H,1,4-5,7-8H2,(H,16,17). The second-order valence-electron chi connectivity index (χ2n) is 5.90. The first-order valence-corrected chi connectivity index (χ1v) is 6.81. The van der Waals surface area contributed by atoms with Crippen LogP contribution in [0.3, 0.4) is 0 Å². The second-order valence-corrected chi connectivity index (χ2v) is 5.90. The van der Waals surface area contributed by atoms with E-state index in [0.29, 0.717) is 17.9 Å². The average Bonchev–Trinajstić information content (AvgIpc) is 3.04. The zero-order valence-electron chi connectivity index (χ0n) is 10.6. The molecule has 4 heteroatoms. The Hall–Kier alpha value is -1.84. The molecule has 2 fully saturated rings. The largest absolute Gasteiger partial charge is 0.426 e. The highest BCUT2D eigenvalue weighted by atomic mass is 16.5. The van der Waals surface area contributed by atoms with Gasteiger partial charge in [-0.05, 0) is 42.4 Å². The van der Waals surface area contributed by atoms with Crippen LogP contribution in [0.1, 0.15) is 41.6 Å². The number of ether oxygens (including phenoxy) is 1. The number of hydrogen-bond donors (Lipinski definition) is 1. The molecule has 1 aromatic rings. The monoisotopic (exact) mass is 257 g/mol. The molecule has 0 radical (unpaired) electrons. The maximum absolute atomic E-state index is 12.0. The average molecular weight is 257 g/mol. The number of fused-ring (bicyclic) bond motifs is 1. The van der Waals surface area contributed by atoms with Gasteiger partial charge in [0.05, 0.1) is 5.92 Å². The van der Waals surface area contributed by atoms with Gasteiger partial charge in [0.15, 0.2) is 0 Å². The summed E-state index contributed by atoms with van der Waals surface area (Å²) in [5.74, 6) is 0.360. The molecule has 1 aromatic carbocycles. The zero-order chi connectivity index (χ0) is 13.0. The van der Waals surface area contributed by atoms with Gasteiger partial charge in [-0.3, -0.25) is 9.59 Å². The van der Waals surface area contributed by atoms with E-state index in [-0.39, 0.29) is 23.2 Å². The summed E-state index contributed by atoms with van der Waals surface area (Å²) in [5.41, 5.74) is 1.87. The van der Waals surface area contributed by atoms with Gasteiger partial charge in [-0.2, -0.15) is 0 Å². The normalized spacial score (nSPS) is 25.5. The summed E-state index contributed by atoms with van der Waals surface area (Å²) >= 11 is 0. The number of carbonyl (C=O) groups excluding carboxylic acids is 2. The first kappa shape index (κ1) is 11.0. The Morgan fingerprint density at radius 2 is 2.21 bits per heavy atom. The molecule has 0 aromatic heterocycles. The molecule has 1 aliphatic heterocycles. The zero-order valence-corrected chi connectivity index (χ0v) is 10.6. The Morgan fingerprint density at radius 3 is 2.89 bits per heavy atom. The maximum atomic E-state index is 12.0. The predicted molar refractivity (Wildman–Crippen MR) is 67.6 cm³/mol. The number of rotatable bonds is 2. The van der Waals surface area contributed by atoms with Gasteiger partial charge >= 0.3 is 5.97 Å². The number of nitrogens with one attached hydrogen (secondary N) is 1. The summed E-state index contributed by atoms with van der Waals surface area (Å²) in [4.78, 5) is 23.6. The lowest BCUT2D eigenvalue weighted by Crippen LogP contribution is -2.21. The molecule has 1 amide bonds. The lowest BCUT2D eigenvalue weighted by atomic mass is 9.80. The highest BCUT2D eigenvalue weighted by Crippen LogP contribution is 2.65. The van der Waals surface area contributed by atoms with Crippen molar-refractivity contribution in [2.45, 2.75) is 32.2 Å². The first-order valence-electron chi connectivity index (χ1n) is 6.81. The molecule has 1 spiro atoms. The SMILES string of the molecule is O=C1NCc2ccc(OC(=O)C3CC34CCC4)cc21. The van der Waals surface area contributed by atoms with Gasteiger partial charge in [-0.15, -0.1) is 0 Å². The summed E-state index contributed by atoms with van der Waals surface area (Å²) in [6, 6.07) is 5.29. The van der Waals surface area contributed by atoms with Crippen molar-refractivity contribution < 1.29 is 14.3 Å². The molecular weight excluding hydrogens is 242 g/mol. The third-order valence-electron chi connectivity index (χ3n) is 4.81. The molecule has 19 heavy (non-hydrogen) atoms. The molecule has 4 rings (SSSR count). The lowest BCUT2D eigenvalue weighted by Gasteiger charge is -2.25. The Bertz CT molecular complexity index is 589. The highest BCUT2D eigenvalue weighted by molar-refractivity contribution is 5.98. The second kappa shape index (κ2) is 3.59. The molecule has 2 aliphatic carbocycles. The van der Waals surface area contributed by atoms with E-state index in [9.17, 15) is 9.59 Å². The van der Waals surface area contributed by atoms with Crippen molar-refractivity contribution in [3.8, 4) is 5.75 Å². The molecule has 4 nitrogen and oxygen atoms in total. The third kappa shape index (κ3) is 1.59. The van der Waals surface area contributed by atoms with Crippen LogP contribution in [0.4, 0.5) is 0 Å². The van der Waals surface area contributed by atoms with Crippen molar-refractivity contribution in [3.05, 3.63) is 29.3 Å². The molecule has 0 saturated heterocycles. The van der Waals surface area contributed by atoms with E-state index in [1.54, 1.807) is 12.1 Å². The van der Waals surface area contributed by atoms with E-state index in [1.807, 2.05) is 6.07 Å². The van der Waals surface area contributed by atoms with Gasteiger partial charge in [-0.25, -0.2) is 0 Å². The molecule has 3 aliphatic rings. The van der Waals surface area contributed by atoms with Crippen molar-refractivity contribution >= 4 is 11.9 Å². The van der Waals surface area contributed by atoms with Crippen molar-refractivity contribution in [3.63, 3.8) is 0 Å². The van der Waals surface area contributed by atoms with Crippen LogP contribution in [0.25, 0.3) is 0 Å². The van der Waals surface area contributed by atoms with Crippen molar-refractivity contribution in [2.75, 3.05) is 0 Å². The van der Waals surface area contributed by atoms with E-state index in [2.05, 4.69) is 5.32 Å². The van der Waals surface area contributed by atoms with E-state index >= 15 is 0 Å². The summed E-state index contributed by atoms with van der Waals surface area (Å²) in [6.07, 6.45) is 4.55. The van der Waals surface area contributed by atoms with Gasteiger partial charge in [0, 0.05) is 12.1 Å². The van der Waals surface area contributed by atoms with E-state index in [0.717, 1.165) is 12.0 Å². The van der Waals surface area contributed by atoms with Crippen LogP contribution in [0.5, 0.6) is 5.75 Å². The number of esters is 1. The molecule has 1 heterocycles. The summed E-state index contributed by atoms with van der Waals surface area (Å²) in [7, 11) is 0. The fraction of sp³-hybridized carbons (Fsp3) is 0.467. The van der Waals surface area contributed by atoms with Crippen LogP contribution in [0.2, 0.25) is 0 Å². The van der Waals surface area contributed by atoms with E-state index in [1.165, 1.54) is 19.3 Å². The smallest absolute Gasteiger partial charge is 0.314 e. The summed E-state index contributed by atoms with van der Waals surface area (Å²) in [5, 5.41) is 2.75. The van der Waals surface area contributed by atoms with Crippen molar-refractivity contribution in [1.82, 2.24) is 5.32 Å². The third-order valence-corrected chi connectivity index (χ3v) is 4.81. The van der Waals surface area contributed by atoms with Crippen LogP contribution in [-0.2, 0) is 11.3 Å². The van der Waals surface area contributed by atoms with Crippen molar-refractivity contribution in [1.29, 1.82) is 0 Å². The van der Waals surface area contributed by atoms with E-state index in [4.69, 9.17) is 4.74 Å². The number of hydrogen-bond acceptors (Lipinski definition) is 3. The molecule has 1 atom stereocenters. The van der Waals surface area contributed by atoms with Gasteiger partial charge in [-0.1, -0.05) is 12.5 Å². The minimum Gasteiger partial charge on any atom is -0.426 e. The number of carbonyl (C=O) groups is 2. The molecule has 98 valence electrons. The summed E-state index contributed by atoms with van der Waals surface area (Å²) < 4.78 is 5.42. The van der Waals surface area contributed by atoms with Gasteiger partial charge in [0.1, 0.15) is 5.75 Å². The van der Waals surface area contributed by atoms with E-state index < -0.39 is 0 Å². The summed E-state index contributed by atoms with van der Waals surface area (Å²) in [6.45, 7) is 0.564. The van der Waals surface area contributed by atoms with Crippen molar-refractivity contribution in [2.24, 2.45) is 11.3 Å². The predicted octanol–water partition coefficient (Wildman–Crippen LogP) is 2.03. The van der Waals surface area contributed by atoms with Crippen LogP contribution in [-0.4, -0.2) is 11.9 Å². The topological polar surface area (TPSA) is 55.4 Å². The van der Waals surface area contributed by atoms with Crippen LogP contribution < -0.4 is 10.1 Å². The fourth-order valence-electron chi connectivity index (χ4n) is 3.31.